The molecule has 1 heterocycles. The maximum absolute atomic E-state index is 12.7. The van der Waals surface area contributed by atoms with Gasteiger partial charge in [0, 0.05) is 29.6 Å². The first kappa shape index (κ1) is 18.9. The van der Waals surface area contributed by atoms with E-state index >= 15 is 0 Å². The van der Waals surface area contributed by atoms with Crippen LogP contribution in [0.2, 0.25) is 0 Å². The summed E-state index contributed by atoms with van der Waals surface area (Å²) in [7, 11) is -1.97. The molecular formula is C19H21N3O4S. The maximum atomic E-state index is 12.7. The number of ether oxygens (including phenoxy) is 1. The van der Waals surface area contributed by atoms with E-state index in [1.54, 1.807) is 36.4 Å². The summed E-state index contributed by atoms with van der Waals surface area (Å²) in [6.07, 6.45) is 2.58. The molecule has 1 aliphatic rings. The van der Waals surface area contributed by atoms with Crippen LogP contribution in [0.5, 0.6) is 5.75 Å². The smallest absolute Gasteiger partial charge is 0.273 e. The standard InChI is InChI=1S/C19H21N3O4S/c1-26-17-12-14(7-10-18(17)27(2,24)25)16-4-3-11-22(21-16)19(23)13-5-8-15(20)9-6-13/h5-10,12H,3-4,11,20H2,1-2H3. The number of hydrazone groups is 1. The van der Waals surface area contributed by atoms with Gasteiger partial charge in [-0.2, -0.15) is 5.10 Å². The van der Waals surface area contributed by atoms with E-state index in [1.807, 2.05) is 0 Å². The van der Waals surface area contributed by atoms with Crippen molar-refractivity contribution in [2.75, 3.05) is 25.6 Å². The van der Waals surface area contributed by atoms with Gasteiger partial charge in [0.1, 0.15) is 10.6 Å². The average Bonchev–Trinajstić information content (AvgIpc) is 2.67. The summed E-state index contributed by atoms with van der Waals surface area (Å²) >= 11 is 0. The van der Waals surface area contributed by atoms with Crippen LogP contribution in [0, 0.1) is 0 Å². The Morgan fingerprint density at radius 2 is 1.89 bits per heavy atom. The van der Waals surface area contributed by atoms with Crippen molar-refractivity contribution in [3.8, 4) is 5.75 Å². The van der Waals surface area contributed by atoms with Gasteiger partial charge in [0.15, 0.2) is 9.84 Å². The summed E-state index contributed by atoms with van der Waals surface area (Å²) in [5, 5.41) is 5.91. The Bertz CT molecular complexity index is 998. The van der Waals surface area contributed by atoms with Crippen LogP contribution in [0.1, 0.15) is 28.8 Å². The molecule has 27 heavy (non-hydrogen) atoms. The number of carbonyl (C=O) groups is 1. The number of sulfone groups is 1. The minimum Gasteiger partial charge on any atom is -0.495 e. The van der Waals surface area contributed by atoms with Crippen molar-refractivity contribution in [2.24, 2.45) is 5.10 Å². The maximum Gasteiger partial charge on any atom is 0.273 e. The Morgan fingerprint density at radius 3 is 2.52 bits per heavy atom. The Labute approximate surface area is 158 Å². The normalized spacial score (nSPS) is 14.6. The highest BCUT2D eigenvalue weighted by molar-refractivity contribution is 7.90. The molecule has 0 spiro atoms. The van der Waals surface area contributed by atoms with E-state index in [9.17, 15) is 13.2 Å². The van der Waals surface area contributed by atoms with Crippen LogP contribution < -0.4 is 10.5 Å². The largest absolute Gasteiger partial charge is 0.495 e. The second-order valence-electron chi connectivity index (χ2n) is 6.34. The minimum absolute atomic E-state index is 0.125. The van der Waals surface area contributed by atoms with Gasteiger partial charge >= 0.3 is 0 Å². The minimum atomic E-state index is -3.40. The molecule has 0 fully saturated rings. The number of nitrogen functional groups attached to an aromatic ring is 1. The van der Waals surface area contributed by atoms with Crippen LogP contribution in [0.15, 0.2) is 52.5 Å². The Morgan fingerprint density at radius 1 is 1.19 bits per heavy atom. The van der Waals surface area contributed by atoms with Gasteiger partial charge in [-0.25, -0.2) is 13.4 Å². The van der Waals surface area contributed by atoms with Gasteiger partial charge in [-0.3, -0.25) is 4.79 Å². The molecule has 0 bridgehead atoms. The van der Waals surface area contributed by atoms with Crippen molar-refractivity contribution in [3.63, 3.8) is 0 Å². The van der Waals surface area contributed by atoms with Crippen molar-refractivity contribution in [2.45, 2.75) is 17.7 Å². The molecule has 0 unspecified atom stereocenters. The molecule has 0 atom stereocenters. The van der Waals surface area contributed by atoms with E-state index in [2.05, 4.69) is 5.10 Å². The van der Waals surface area contributed by atoms with Crippen molar-refractivity contribution in [3.05, 3.63) is 53.6 Å². The fourth-order valence-corrected chi connectivity index (χ4v) is 3.74. The highest BCUT2D eigenvalue weighted by Gasteiger charge is 2.22. The van der Waals surface area contributed by atoms with Gasteiger partial charge in [0.25, 0.3) is 5.91 Å². The summed E-state index contributed by atoms with van der Waals surface area (Å²) in [5.74, 6) is 0.0617. The third-order valence-electron chi connectivity index (χ3n) is 4.31. The van der Waals surface area contributed by atoms with E-state index in [4.69, 9.17) is 10.5 Å². The van der Waals surface area contributed by atoms with Crippen molar-refractivity contribution in [1.82, 2.24) is 5.01 Å². The summed E-state index contributed by atoms with van der Waals surface area (Å²) in [5.41, 5.74) is 8.21. The first-order valence-electron chi connectivity index (χ1n) is 8.43. The molecule has 2 N–H and O–H groups in total. The Kier molecular flexibility index (Phi) is 5.18. The zero-order valence-electron chi connectivity index (χ0n) is 15.2. The predicted molar refractivity (Wildman–Crippen MR) is 104 cm³/mol. The molecular weight excluding hydrogens is 366 g/mol. The van der Waals surface area contributed by atoms with Crippen LogP contribution in [-0.2, 0) is 9.84 Å². The number of amides is 1. The highest BCUT2D eigenvalue weighted by Crippen LogP contribution is 2.27. The van der Waals surface area contributed by atoms with Crippen LogP contribution in [0.25, 0.3) is 0 Å². The van der Waals surface area contributed by atoms with E-state index in [-0.39, 0.29) is 16.6 Å². The zero-order chi connectivity index (χ0) is 19.6. The number of rotatable bonds is 4. The fourth-order valence-electron chi connectivity index (χ4n) is 2.92. The molecule has 0 saturated heterocycles. The van der Waals surface area contributed by atoms with Crippen LogP contribution >= 0.6 is 0 Å². The van der Waals surface area contributed by atoms with Crippen LogP contribution in [-0.4, -0.2) is 45.0 Å². The van der Waals surface area contributed by atoms with Crippen molar-refractivity contribution in [1.29, 1.82) is 0 Å². The number of nitrogens with zero attached hydrogens (tertiary/aromatic N) is 2. The van der Waals surface area contributed by atoms with Gasteiger partial charge in [0.2, 0.25) is 0 Å². The van der Waals surface area contributed by atoms with Crippen LogP contribution in [0.3, 0.4) is 0 Å². The molecule has 1 amide bonds. The molecule has 7 nitrogen and oxygen atoms in total. The predicted octanol–water partition coefficient (Wildman–Crippen LogP) is 2.32. The Balaban J connectivity index is 1.92. The van der Waals surface area contributed by atoms with Gasteiger partial charge in [-0.15, -0.1) is 0 Å². The lowest BCUT2D eigenvalue weighted by Crippen LogP contribution is -2.32. The zero-order valence-corrected chi connectivity index (χ0v) is 16.0. The summed E-state index contributed by atoms with van der Waals surface area (Å²) in [4.78, 5) is 12.8. The summed E-state index contributed by atoms with van der Waals surface area (Å²) in [6, 6.07) is 11.5. The quantitative estimate of drug-likeness (QED) is 0.811. The molecule has 3 rings (SSSR count). The lowest BCUT2D eigenvalue weighted by molar-refractivity contribution is 0.0751. The van der Waals surface area contributed by atoms with E-state index in [1.165, 1.54) is 18.2 Å². The van der Waals surface area contributed by atoms with E-state index < -0.39 is 9.84 Å². The van der Waals surface area contributed by atoms with Crippen LogP contribution in [0.4, 0.5) is 5.69 Å². The first-order chi connectivity index (χ1) is 12.8. The van der Waals surface area contributed by atoms with E-state index in [0.29, 0.717) is 29.9 Å². The third-order valence-corrected chi connectivity index (χ3v) is 5.45. The third kappa shape index (κ3) is 4.11. The first-order valence-corrected chi connectivity index (χ1v) is 10.3. The van der Waals surface area contributed by atoms with Gasteiger partial charge in [0.05, 0.1) is 12.8 Å². The molecule has 0 radical (unpaired) electrons. The SMILES string of the molecule is COc1cc(C2=NN(C(=O)c3ccc(N)cc3)CCC2)ccc1S(C)(=O)=O. The monoisotopic (exact) mass is 387 g/mol. The lowest BCUT2D eigenvalue weighted by Gasteiger charge is -2.24. The number of carbonyl (C=O) groups excluding carboxylic acids is 1. The second-order valence-corrected chi connectivity index (χ2v) is 8.32. The number of hydrogen-bond acceptors (Lipinski definition) is 6. The Hall–Kier alpha value is -2.87. The molecule has 8 heteroatoms. The lowest BCUT2D eigenvalue weighted by atomic mass is 10.0. The second kappa shape index (κ2) is 7.40. The van der Waals surface area contributed by atoms with Gasteiger partial charge in [-0.1, -0.05) is 6.07 Å². The molecule has 1 aliphatic heterocycles. The summed E-state index contributed by atoms with van der Waals surface area (Å²) < 4.78 is 28.9. The number of hydrogen-bond donors (Lipinski definition) is 1. The molecule has 2 aromatic carbocycles. The number of benzene rings is 2. The molecule has 2 aromatic rings. The highest BCUT2D eigenvalue weighted by atomic mass is 32.2. The van der Waals surface area contributed by atoms with Crippen molar-refractivity contribution >= 4 is 27.1 Å². The number of anilines is 1. The number of methoxy groups -OCH3 is 1. The van der Waals surface area contributed by atoms with Gasteiger partial charge in [-0.05, 0) is 49.2 Å². The molecule has 0 aliphatic carbocycles. The summed E-state index contributed by atoms with van der Waals surface area (Å²) in [6.45, 7) is 0.519. The molecule has 142 valence electrons. The van der Waals surface area contributed by atoms with Gasteiger partial charge < -0.3 is 10.5 Å². The molecule has 0 saturated carbocycles. The van der Waals surface area contributed by atoms with E-state index in [0.717, 1.165) is 18.2 Å². The van der Waals surface area contributed by atoms with Crippen molar-refractivity contribution < 1.29 is 17.9 Å². The molecule has 0 aromatic heterocycles. The average molecular weight is 387 g/mol. The topological polar surface area (TPSA) is 102 Å². The number of nitrogens with two attached hydrogens (primary N) is 1. The fraction of sp³-hybridized carbons (Fsp3) is 0.263.